The fourth-order valence-corrected chi connectivity index (χ4v) is 3.22. The summed E-state index contributed by atoms with van der Waals surface area (Å²) < 4.78 is 1.60. The third-order valence-corrected chi connectivity index (χ3v) is 4.74. The third kappa shape index (κ3) is 4.40. The summed E-state index contributed by atoms with van der Waals surface area (Å²) in [6, 6.07) is 14.9. The lowest BCUT2D eigenvalue weighted by molar-refractivity contribution is -0.116. The van der Waals surface area contributed by atoms with Crippen LogP contribution in [0.25, 0.3) is 16.6 Å². The Morgan fingerprint density at radius 3 is 2.68 bits per heavy atom. The number of para-hydroxylation sites is 1. The van der Waals surface area contributed by atoms with Gasteiger partial charge < -0.3 is 10.6 Å². The van der Waals surface area contributed by atoms with E-state index < -0.39 is 5.91 Å². The van der Waals surface area contributed by atoms with E-state index >= 15 is 0 Å². The van der Waals surface area contributed by atoms with Crippen molar-refractivity contribution in [1.82, 2.24) is 30.3 Å². The van der Waals surface area contributed by atoms with Gasteiger partial charge in [0.15, 0.2) is 5.69 Å². The Bertz CT molecular complexity index is 1260. The van der Waals surface area contributed by atoms with Crippen molar-refractivity contribution in [2.75, 3.05) is 11.9 Å². The van der Waals surface area contributed by atoms with Crippen LogP contribution < -0.4 is 10.6 Å². The SMILES string of the molecule is Cc1cccc(NC(=O)CCNC(=O)c2nnn(-c3cccc4cccnc34)c2C)n1. The number of carbonyl (C=O) groups is 2. The average Bonchev–Trinajstić information content (AvgIpc) is 3.14. The molecule has 0 aliphatic rings. The summed E-state index contributed by atoms with van der Waals surface area (Å²) in [6.07, 6.45) is 1.82. The van der Waals surface area contributed by atoms with Crippen LogP contribution in [0.1, 0.15) is 28.3 Å². The molecule has 156 valence electrons. The molecule has 31 heavy (non-hydrogen) atoms. The Labute approximate surface area is 178 Å². The number of benzene rings is 1. The Kier molecular flexibility index (Phi) is 5.65. The molecule has 0 saturated heterocycles. The van der Waals surface area contributed by atoms with Crippen LogP contribution in [0, 0.1) is 13.8 Å². The molecule has 1 aromatic carbocycles. The Hall–Kier alpha value is -4.14. The van der Waals surface area contributed by atoms with E-state index in [0.29, 0.717) is 11.5 Å². The molecule has 0 spiro atoms. The molecule has 2 N–H and O–H groups in total. The van der Waals surface area contributed by atoms with Crippen molar-refractivity contribution in [3.05, 3.63) is 71.8 Å². The summed E-state index contributed by atoms with van der Waals surface area (Å²) >= 11 is 0. The van der Waals surface area contributed by atoms with Crippen LogP contribution in [0.5, 0.6) is 0 Å². The Morgan fingerprint density at radius 2 is 1.84 bits per heavy atom. The highest BCUT2D eigenvalue weighted by molar-refractivity contribution is 5.95. The molecule has 0 aliphatic heterocycles. The highest BCUT2D eigenvalue weighted by Gasteiger charge is 2.18. The number of rotatable bonds is 6. The van der Waals surface area contributed by atoms with Crippen molar-refractivity contribution in [2.24, 2.45) is 0 Å². The van der Waals surface area contributed by atoms with Crippen LogP contribution in [0.4, 0.5) is 5.82 Å². The van der Waals surface area contributed by atoms with Crippen molar-refractivity contribution in [3.8, 4) is 5.69 Å². The second kappa shape index (κ2) is 8.70. The van der Waals surface area contributed by atoms with Gasteiger partial charge in [-0.2, -0.15) is 0 Å². The van der Waals surface area contributed by atoms with Crippen LogP contribution in [0.3, 0.4) is 0 Å². The maximum Gasteiger partial charge on any atom is 0.273 e. The fraction of sp³-hybridized carbons (Fsp3) is 0.182. The second-order valence-corrected chi connectivity index (χ2v) is 7.01. The van der Waals surface area contributed by atoms with Crippen molar-refractivity contribution in [3.63, 3.8) is 0 Å². The average molecular weight is 415 g/mol. The maximum atomic E-state index is 12.6. The zero-order valence-corrected chi connectivity index (χ0v) is 17.2. The lowest BCUT2D eigenvalue weighted by Gasteiger charge is -2.08. The molecule has 0 aliphatic carbocycles. The minimum atomic E-state index is -0.390. The molecule has 0 radical (unpaired) electrons. The summed E-state index contributed by atoms with van der Waals surface area (Å²) in [5, 5.41) is 14.6. The van der Waals surface area contributed by atoms with Gasteiger partial charge in [0, 0.05) is 30.2 Å². The number of hydrogen-bond donors (Lipinski definition) is 2. The van der Waals surface area contributed by atoms with Crippen molar-refractivity contribution < 1.29 is 9.59 Å². The minimum Gasteiger partial charge on any atom is -0.350 e. The Balaban J connectivity index is 1.41. The zero-order valence-electron chi connectivity index (χ0n) is 17.2. The molecule has 0 unspecified atom stereocenters. The summed E-state index contributed by atoms with van der Waals surface area (Å²) in [4.78, 5) is 33.3. The highest BCUT2D eigenvalue weighted by atomic mass is 16.2. The molecule has 0 bridgehead atoms. The van der Waals surface area contributed by atoms with Gasteiger partial charge in [-0.25, -0.2) is 9.67 Å². The first-order valence-electron chi connectivity index (χ1n) is 9.81. The van der Waals surface area contributed by atoms with Crippen LogP contribution in [0.2, 0.25) is 0 Å². The zero-order chi connectivity index (χ0) is 21.8. The van der Waals surface area contributed by atoms with Crippen LogP contribution >= 0.6 is 0 Å². The lowest BCUT2D eigenvalue weighted by Crippen LogP contribution is -2.28. The molecule has 0 atom stereocenters. The molecule has 4 aromatic rings. The molecule has 9 nitrogen and oxygen atoms in total. The number of carbonyl (C=O) groups excluding carboxylic acids is 2. The largest absolute Gasteiger partial charge is 0.350 e. The molecule has 2 amide bonds. The highest BCUT2D eigenvalue weighted by Crippen LogP contribution is 2.21. The summed E-state index contributed by atoms with van der Waals surface area (Å²) in [5.74, 6) is -0.141. The number of aromatic nitrogens is 5. The summed E-state index contributed by atoms with van der Waals surface area (Å²) in [5.41, 5.74) is 3.11. The van der Waals surface area contributed by atoms with Crippen LogP contribution in [0.15, 0.2) is 54.7 Å². The second-order valence-electron chi connectivity index (χ2n) is 7.01. The van der Waals surface area contributed by atoms with E-state index in [-0.39, 0.29) is 24.6 Å². The van der Waals surface area contributed by atoms with Crippen molar-refractivity contribution >= 4 is 28.5 Å². The van der Waals surface area contributed by atoms with Gasteiger partial charge in [0.25, 0.3) is 5.91 Å². The van der Waals surface area contributed by atoms with Gasteiger partial charge in [-0.15, -0.1) is 5.10 Å². The maximum absolute atomic E-state index is 12.6. The number of nitrogens with zero attached hydrogens (tertiary/aromatic N) is 5. The number of nitrogens with one attached hydrogen (secondary N) is 2. The quantitative estimate of drug-likeness (QED) is 0.500. The normalized spacial score (nSPS) is 10.8. The van der Waals surface area contributed by atoms with E-state index in [1.807, 2.05) is 49.4 Å². The van der Waals surface area contributed by atoms with Gasteiger partial charge in [-0.1, -0.05) is 29.5 Å². The molecular weight excluding hydrogens is 394 g/mol. The first-order valence-corrected chi connectivity index (χ1v) is 9.81. The first-order chi connectivity index (χ1) is 15.0. The predicted octanol–water partition coefficient (Wildman–Crippen LogP) is 2.59. The number of anilines is 1. The smallest absolute Gasteiger partial charge is 0.273 e. The van der Waals surface area contributed by atoms with E-state index in [2.05, 4.69) is 30.9 Å². The van der Waals surface area contributed by atoms with Crippen LogP contribution in [-0.2, 0) is 4.79 Å². The van der Waals surface area contributed by atoms with Crippen molar-refractivity contribution in [1.29, 1.82) is 0 Å². The molecule has 3 aromatic heterocycles. The molecule has 0 fully saturated rings. The third-order valence-electron chi connectivity index (χ3n) is 4.74. The van der Waals surface area contributed by atoms with E-state index in [9.17, 15) is 9.59 Å². The first kappa shape index (κ1) is 20.1. The van der Waals surface area contributed by atoms with Gasteiger partial charge >= 0.3 is 0 Å². The van der Waals surface area contributed by atoms with E-state index in [4.69, 9.17) is 0 Å². The summed E-state index contributed by atoms with van der Waals surface area (Å²) in [7, 11) is 0. The molecule has 4 rings (SSSR count). The number of fused-ring (bicyclic) bond motifs is 1. The van der Waals surface area contributed by atoms with E-state index in [1.165, 1.54) is 0 Å². The van der Waals surface area contributed by atoms with Gasteiger partial charge in [0.1, 0.15) is 5.82 Å². The van der Waals surface area contributed by atoms with Gasteiger partial charge in [-0.05, 0) is 38.1 Å². The van der Waals surface area contributed by atoms with Gasteiger partial charge in [0.05, 0.1) is 16.9 Å². The number of amides is 2. The van der Waals surface area contributed by atoms with E-state index in [1.54, 1.807) is 23.9 Å². The minimum absolute atomic E-state index is 0.113. The number of aryl methyl sites for hydroxylation is 1. The Morgan fingerprint density at radius 1 is 1.03 bits per heavy atom. The molecule has 0 saturated carbocycles. The van der Waals surface area contributed by atoms with Crippen LogP contribution in [-0.4, -0.2) is 43.3 Å². The van der Waals surface area contributed by atoms with Crippen molar-refractivity contribution in [2.45, 2.75) is 20.3 Å². The monoisotopic (exact) mass is 415 g/mol. The lowest BCUT2D eigenvalue weighted by atomic mass is 10.2. The fourth-order valence-electron chi connectivity index (χ4n) is 3.22. The van der Waals surface area contributed by atoms with E-state index in [0.717, 1.165) is 22.3 Å². The molecule has 3 heterocycles. The standard InChI is InChI=1S/C22H21N7O2/c1-14-6-3-10-18(25-14)26-19(30)11-13-24-22(31)20-15(2)29(28-27-20)17-9-4-7-16-8-5-12-23-21(16)17/h3-10,12H,11,13H2,1-2H3,(H,24,31)(H,25,26,30). The summed E-state index contributed by atoms with van der Waals surface area (Å²) in [6.45, 7) is 3.78. The molecular formula is C22H21N7O2. The molecule has 9 heteroatoms. The van der Waals surface area contributed by atoms with Gasteiger partial charge in [0.2, 0.25) is 5.91 Å². The number of hydrogen-bond acceptors (Lipinski definition) is 6. The van der Waals surface area contributed by atoms with Gasteiger partial charge in [-0.3, -0.25) is 14.6 Å². The predicted molar refractivity (Wildman–Crippen MR) is 116 cm³/mol. The number of pyridine rings is 2. The topological polar surface area (TPSA) is 115 Å².